The summed E-state index contributed by atoms with van der Waals surface area (Å²) in [7, 11) is 3.37. The van der Waals surface area contributed by atoms with Crippen LogP contribution in [-0.4, -0.2) is 43.1 Å². The molecule has 0 aliphatic carbocycles. The lowest BCUT2D eigenvalue weighted by molar-refractivity contribution is -0.121. The quantitative estimate of drug-likeness (QED) is 0.629. The molecule has 1 atom stereocenters. The van der Waals surface area contributed by atoms with Crippen molar-refractivity contribution >= 4 is 11.6 Å². The van der Waals surface area contributed by atoms with Crippen LogP contribution in [0.2, 0.25) is 0 Å². The zero-order valence-corrected chi connectivity index (χ0v) is 10.2. The van der Waals surface area contributed by atoms with Crippen molar-refractivity contribution in [3.63, 3.8) is 0 Å². The molecule has 0 saturated carbocycles. The highest BCUT2D eigenvalue weighted by Crippen LogP contribution is 2.16. The maximum absolute atomic E-state index is 11.1. The lowest BCUT2D eigenvalue weighted by atomic mass is 10.1. The van der Waals surface area contributed by atoms with E-state index in [4.69, 9.17) is 5.73 Å². The van der Waals surface area contributed by atoms with Crippen LogP contribution in [0.4, 0.5) is 5.69 Å². The molecule has 5 heteroatoms. The van der Waals surface area contributed by atoms with Crippen molar-refractivity contribution in [1.29, 1.82) is 0 Å². The van der Waals surface area contributed by atoms with Gasteiger partial charge in [-0.15, -0.1) is 0 Å². The molecule has 0 aliphatic rings. The maximum Gasteiger partial charge on any atom is 0.233 e. The van der Waals surface area contributed by atoms with Gasteiger partial charge in [-0.3, -0.25) is 9.69 Å². The van der Waals surface area contributed by atoms with Crippen LogP contribution in [-0.2, 0) is 4.79 Å². The van der Waals surface area contributed by atoms with Gasteiger partial charge in [-0.2, -0.15) is 0 Å². The number of hydrogen-bond donors (Lipinski definition) is 3. The number of rotatable bonds is 5. The van der Waals surface area contributed by atoms with E-state index in [1.807, 2.05) is 6.07 Å². The molecule has 1 amide bonds. The first kappa shape index (κ1) is 13.5. The average molecular weight is 237 g/mol. The number of carbonyl (C=O) groups is 1. The van der Waals surface area contributed by atoms with E-state index in [1.165, 1.54) is 0 Å². The lowest BCUT2D eigenvalue weighted by Crippen LogP contribution is -2.35. The predicted octanol–water partition coefficient (Wildman–Crippen LogP) is -0.0200. The Labute approximate surface area is 101 Å². The van der Waals surface area contributed by atoms with E-state index < -0.39 is 6.10 Å². The van der Waals surface area contributed by atoms with Gasteiger partial charge in [0.05, 0.1) is 12.6 Å². The molecule has 0 heterocycles. The van der Waals surface area contributed by atoms with Gasteiger partial charge in [0.25, 0.3) is 0 Å². The van der Waals surface area contributed by atoms with Crippen LogP contribution >= 0.6 is 0 Å². The summed E-state index contributed by atoms with van der Waals surface area (Å²) < 4.78 is 0. The molecule has 1 rings (SSSR count). The van der Waals surface area contributed by atoms with E-state index >= 15 is 0 Å². The van der Waals surface area contributed by atoms with Gasteiger partial charge in [-0.25, -0.2) is 0 Å². The third-order valence-electron chi connectivity index (χ3n) is 2.47. The molecule has 0 fully saturated rings. The summed E-state index contributed by atoms with van der Waals surface area (Å²) >= 11 is 0. The van der Waals surface area contributed by atoms with Gasteiger partial charge in [0.15, 0.2) is 0 Å². The fourth-order valence-corrected chi connectivity index (χ4v) is 1.56. The fourth-order valence-electron chi connectivity index (χ4n) is 1.56. The smallest absolute Gasteiger partial charge is 0.233 e. The molecule has 94 valence electrons. The summed E-state index contributed by atoms with van der Waals surface area (Å²) in [5.74, 6) is -0.0766. The topological polar surface area (TPSA) is 78.6 Å². The second-order valence-electron chi connectivity index (χ2n) is 4.06. The molecule has 1 aromatic carbocycles. The van der Waals surface area contributed by atoms with E-state index in [0.29, 0.717) is 12.2 Å². The Balaban J connectivity index is 2.54. The molecule has 4 N–H and O–H groups in total. The van der Waals surface area contributed by atoms with Gasteiger partial charge in [-0.1, -0.05) is 12.1 Å². The number of aliphatic hydroxyl groups excluding tert-OH is 1. The molecule has 1 aromatic rings. The number of nitrogens with two attached hydrogens (primary N) is 1. The van der Waals surface area contributed by atoms with E-state index in [2.05, 4.69) is 5.32 Å². The molecule has 0 bridgehead atoms. The Morgan fingerprint density at radius 3 is 2.88 bits per heavy atom. The van der Waals surface area contributed by atoms with Crippen LogP contribution in [0.5, 0.6) is 0 Å². The lowest BCUT2D eigenvalue weighted by Gasteiger charge is -2.20. The highest BCUT2D eigenvalue weighted by Gasteiger charge is 2.12. The minimum absolute atomic E-state index is 0.0766. The Hall–Kier alpha value is -1.59. The van der Waals surface area contributed by atoms with Crippen molar-refractivity contribution in [2.24, 2.45) is 0 Å². The number of amides is 1. The van der Waals surface area contributed by atoms with Crippen molar-refractivity contribution < 1.29 is 9.90 Å². The number of nitrogen functional groups attached to an aromatic ring is 1. The molecule has 0 saturated heterocycles. The number of carbonyl (C=O) groups excluding carboxylic acids is 1. The molecule has 17 heavy (non-hydrogen) atoms. The van der Waals surface area contributed by atoms with Crippen LogP contribution in [0, 0.1) is 0 Å². The Kier molecular flexibility index (Phi) is 4.93. The summed E-state index contributed by atoms with van der Waals surface area (Å²) in [5.41, 5.74) is 7.02. The molecular weight excluding hydrogens is 218 g/mol. The summed E-state index contributed by atoms with van der Waals surface area (Å²) in [6, 6.07) is 7.12. The van der Waals surface area contributed by atoms with E-state index in [9.17, 15) is 9.90 Å². The van der Waals surface area contributed by atoms with E-state index in [1.54, 1.807) is 37.2 Å². The van der Waals surface area contributed by atoms with Crippen molar-refractivity contribution in [3.8, 4) is 0 Å². The maximum atomic E-state index is 11.1. The van der Waals surface area contributed by atoms with Crippen LogP contribution in [0.1, 0.15) is 11.7 Å². The first-order chi connectivity index (χ1) is 8.02. The summed E-state index contributed by atoms with van der Waals surface area (Å²) in [5, 5.41) is 12.5. The molecule has 1 unspecified atom stereocenters. The van der Waals surface area contributed by atoms with Crippen molar-refractivity contribution in [3.05, 3.63) is 29.8 Å². The minimum Gasteiger partial charge on any atom is -0.399 e. The number of anilines is 1. The number of hydrogen-bond acceptors (Lipinski definition) is 4. The van der Waals surface area contributed by atoms with Gasteiger partial charge in [0.2, 0.25) is 5.91 Å². The number of likely N-dealkylation sites (N-methyl/N-ethyl adjacent to an activating group) is 2. The molecule has 0 radical (unpaired) electrons. The van der Waals surface area contributed by atoms with Gasteiger partial charge in [-0.05, 0) is 24.7 Å². The SMILES string of the molecule is CNC(=O)CN(C)CC(O)c1cccc(N)c1. The highest BCUT2D eigenvalue weighted by molar-refractivity contribution is 5.77. The Morgan fingerprint density at radius 1 is 1.59 bits per heavy atom. The van der Waals surface area contributed by atoms with Crippen LogP contribution < -0.4 is 11.1 Å². The van der Waals surface area contributed by atoms with Crippen molar-refractivity contribution in [1.82, 2.24) is 10.2 Å². The first-order valence-corrected chi connectivity index (χ1v) is 5.45. The molecule has 0 spiro atoms. The predicted molar refractivity (Wildman–Crippen MR) is 67.4 cm³/mol. The second-order valence-corrected chi connectivity index (χ2v) is 4.06. The molecule has 0 aromatic heterocycles. The van der Waals surface area contributed by atoms with Crippen LogP contribution in [0.3, 0.4) is 0 Å². The minimum atomic E-state index is -0.645. The van der Waals surface area contributed by atoms with Crippen molar-refractivity contribution in [2.45, 2.75) is 6.10 Å². The van der Waals surface area contributed by atoms with E-state index in [0.717, 1.165) is 5.56 Å². The normalized spacial score (nSPS) is 12.5. The monoisotopic (exact) mass is 237 g/mol. The van der Waals surface area contributed by atoms with Gasteiger partial charge < -0.3 is 16.2 Å². The Bertz CT molecular complexity index is 382. The number of aliphatic hydroxyl groups is 1. The van der Waals surface area contributed by atoms with Gasteiger partial charge in [0.1, 0.15) is 0 Å². The molecule has 0 aliphatic heterocycles. The zero-order valence-electron chi connectivity index (χ0n) is 10.2. The Morgan fingerprint density at radius 2 is 2.29 bits per heavy atom. The summed E-state index contributed by atoms with van der Waals surface area (Å²) in [6.45, 7) is 0.646. The fraction of sp³-hybridized carbons (Fsp3) is 0.417. The average Bonchev–Trinajstić information content (AvgIpc) is 2.28. The molecule has 5 nitrogen and oxygen atoms in total. The number of nitrogens with zero attached hydrogens (tertiary/aromatic N) is 1. The van der Waals surface area contributed by atoms with E-state index in [-0.39, 0.29) is 12.5 Å². The zero-order chi connectivity index (χ0) is 12.8. The van der Waals surface area contributed by atoms with Crippen molar-refractivity contribution in [2.75, 3.05) is 32.9 Å². The first-order valence-electron chi connectivity index (χ1n) is 5.45. The third kappa shape index (κ3) is 4.42. The summed E-state index contributed by atoms with van der Waals surface area (Å²) in [6.07, 6.45) is -0.645. The van der Waals surface area contributed by atoms with Gasteiger partial charge in [0, 0.05) is 19.3 Å². The third-order valence-corrected chi connectivity index (χ3v) is 2.47. The number of nitrogens with one attached hydrogen (secondary N) is 1. The number of benzene rings is 1. The van der Waals surface area contributed by atoms with Crippen LogP contribution in [0.15, 0.2) is 24.3 Å². The summed E-state index contributed by atoms with van der Waals surface area (Å²) in [4.78, 5) is 12.9. The van der Waals surface area contributed by atoms with Gasteiger partial charge >= 0.3 is 0 Å². The largest absolute Gasteiger partial charge is 0.399 e. The van der Waals surface area contributed by atoms with Crippen LogP contribution in [0.25, 0.3) is 0 Å². The molecular formula is C12H19N3O2. The standard InChI is InChI=1S/C12H19N3O2/c1-14-12(17)8-15(2)7-11(16)9-4-3-5-10(13)6-9/h3-6,11,16H,7-8,13H2,1-2H3,(H,14,17). The second kappa shape index (κ2) is 6.22. The highest BCUT2D eigenvalue weighted by atomic mass is 16.3.